The summed E-state index contributed by atoms with van der Waals surface area (Å²) < 4.78 is 0. The zero-order valence-corrected chi connectivity index (χ0v) is 9.19. The fraction of sp³-hybridized carbons (Fsp3) is 1.00. The number of hydrogen-bond acceptors (Lipinski definition) is 0. The maximum atomic E-state index is 2.40. The predicted octanol–water partition coefficient (Wildman–Crippen LogP) is 1.61. The van der Waals surface area contributed by atoms with E-state index in [4.69, 9.17) is 0 Å². The van der Waals surface area contributed by atoms with Crippen LogP contribution >= 0.6 is 0 Å². The lowest BCUT2D eigenvalue weighted by Crippen LogP contribution is -2.26. The molecule has 2 unspecified atom stereocenters. The summed E-state index contributed by atoms with van der Waals surface area (Å²) in [6, 6.07) is 0. The van der Waals surface area contributed by atoms with Crippen molar-refractivity contribution < 1.29 is 0 Å². The normalized spacial score (nSPS) is 31.8. The highest BCUT2D eigenvalue weighted by molar-refractivity contribution is 6.39. The lowest BCUT2D eigenvalue weighted by molar-refractivity contribution is 0.243. The van der Waals surface area contributed by atoms with Gasteiger partial charge in [0.25, 0.3) is 0 Å². The third-order valence-corrected chi connectivity index (χ3v) is 3.58. The smallest absolute Gasteiger partial charge is 0.0845 e. The van der Waals surface area contributed by atoms with Crippen LogP contribution in [0.5, 0.6) is 0 Å². The van der Waals surface area contributed by atoms with E-state index in [-0.39, 0.29) is 0 Å². The lowest BCUT2D eigenvalue weighted by atomic mass is 9.46. The van der Waals surface area contributed by atoms with Gasteiger partial charge >= 0.3 is 0 Å². The van der Waals surface area contributed by atoms with E-state index in [9.17, 15) is 0 Å². The van der Waals surface area contributed by atoms with Crippen molar-refractivity contribution in [2.24, 2.45) is 11.8 Å². The molecule has 0 heterocycles. The van der Waals surface area contributed by atoms with Gasteiger partial charge in [0.1, 0.15) is 0 Å². The molecule has 0 aliphatic heterocycles. The Balaban J connectivity index is 2.46. The van der Waals surface area contributed by atoms with Gasteiger partial charge < -0.3 is 0 Å². The number of hydrogen-bond donors (Lipinski definition) is 0. The van der Waals surface area contributed by atoms with Crippen molar-refractivity contribution in [3.63, 3.8) is 0 Å². The van der Waals surface area contributed by atoms with Crippen LogP contribution in [-0.4, -0.2) is 15.7 Å². The van der Waals surface area contributed by atoms with Crippen LogP contribution in [-0.2, 0) is 0 Å². The van der Waals surface area contributed by atoms with Crippen molar-refractivity contribution in [1.29, 1.82) is 0 Å². The maximum Gasteiger partial charge on any atom is 0.0992 e. The molecular formula is C10H22B2. The molecule has 1 aliphatic rings. The molecule has 0 bridgehead atoms. The standard InChI is InChI=1S/C10H22B2/c1-3-8-5-4-6-9(7-8)10(2,11)12/h8-9H,3-7,11-12H2,1-2H3. The molecule has 0 saturated heterocycles. The molecule has 2 heteroatoms. The average Bonchev–Trinajstić information content (AvgIpc) is 2.03. The first kappa shape index (κ1) is 10.2. The molecule has 0 N–H and O–H groups in total. The Kier molecular flexibility index (Phi) is 3.31. The van der Waals surface area contributed by atoms with Crippen molar-refractivity contribution in [1.82, 2.24) is 0 Å². The molecule has 1 rings (SSSR count). The molecule has 0 aromatic rings. The van der Waals surface area contributed by atoms with Crippen molar-refractivity contribution in [3.8, 4) is 0 Å². The summed E-state index contributed by atoms with van der Waals surface area (Å²) in [7, 11) is 4.80. The molecule has 2 atom stereocenters. The maximum absolute atomic E-state index is 2.40. The minimum Gasteiger partial charge on any atom is -0.0845 e. The topological polar surface area (TPSA) is 0 Å². The Hall–Kier alpha value is 0.130. The summed E-state index contributed by atoms with van der Waals surface area (Å²) in [6.07, 6.45) is 7.32. The molecule has 12 heavy (non-hydrogen) atoms. The Bertz CT molecular complexity index is 137. The molecule has 0 aromatic heterocycles. The Labute approximate surface area is 79.3 Å². The highest BCUT2D eigenvalue weighted by Crippen LogP contribution is 2.41. The van der Waals surface area contributed by atoms with Gasteiger partial charge in [0.05, 0.1) is 15.7 Å². The Morgan fingerprint density at radius 1 is 1.33 bits per heavy atom. The second-order valence-corrected chi connectivity index (χ2v) is 5.50. The fourth-order valence-corrected chi connectivity index (χ4v) is 2.45. The predicted molar refractivity (Wildman–Crippen MR) is 61.2 cm³/mol. The first-order chi connectivity index (χ1) is 5.54. The molecule has 0 spiro atoms. The van der Waals surface area contributed by atoms with E-state index >= 15 is 0 Å². The lowest BCUT2D eigenvalue weighted by Gasteiger charge is -2.37. The molecule has 0 aromatic carbocycles. The van der Waals surface area contributed by atoms with Gasteiger partial charge in [-0.15, -0.1) is 0 Å². The first-order valence-corrected chi connectivity index (χ1v) is 5.54. The molecule has 0 radical (unpaired) electrons. The van der Waals surface area contributed by atoms with E-state index in [1.54, 1.807) is 0 Å². The van der Waals surface area contributed by atoms with Crippen LogP contribution in [0, 0.1) is 11.8 Å². The van der Waals surface area contributed by atoms with Crippen LogP contribution in [0.25, 0.3) is 0 Å². The van der Waals surface area contributed by atoms with Crippen molar-refractivity contribution in [3.05, 3.63) is 0 Å². The number of rotatable bonds is 2. The summed E-state index contributed by atoms with van der Waals surface area (Å²) in [6.45, 7) is 4.74. The van der Waals surface area contributed by atoms with E-state index in [1.807, 2.05) is 0 Å². The first-order valence-electron chi connectivity index (χ1n) is 5.54. The molecular weight excluding hydrogens is 142 g/mol. The van der Waals surface area contributed by atoms with E-state index in [0.29, 0.717) is 5.21 Å². The second kappa shape index (κ2) is 3.89. The van der Waals surface area contributed by atoms with Gasteiger partial charge in [-0.3, -0.25) is 0 Å². The fourth-order valence-electron chi connectivity index (χ4n) is 2.45. The third-order valence-electron chi connectivity index (χ3n) is 3.58. The van der Waals surface area contributed by atoms with Crippen LogP contribution in [0.15, 0.2) is 0 Å². The van der Waals surface area contributed by atoms with Crippen LogP contribution in [0.3, 0.4) is 0 Å². The molecule has 0 nitrogen and oxygen atoms in total. The zero-order chi connectivity index (χ0) is 9.19. The van der Waals surface area contributed by atoms with E-state index < -0.39 is 0 Å². The highest BCUT2D eigenvalue weighted by Gasteiger charge is 2.29. The van der Waals surface area contributed by atoms with Crippen LogP contribution in [0.4, 0.5) is 0 Å². The summed E-state index contributed by atoms with van der Waals surface area (Å²) in [5.74, 6) is 2.01. The van der Waals surface area contributed by atoms with Crippen LogP contribution < -0.4 is 0 Å². The van der Waals surface area contributed by atoms with Gasteiger partial charge in [-0.25, -0.2) is 0 Å². The Morgan fingerprint density at radius 3 is 2.50 bits per heavy atom. The van der Waals surface area contributed by atoms with Crippen LogP contribution in [0.1, 0.15) is 46.0 Å². The summed E-state index contributed by atoms with van der Waals surface area (Å²) >= 11 is 0. The molecule has 1 aliphatic carbocycles. The minimum atomic E-state index is 0.549. The van der Waals surface area contributed by atoms with Crippen molar-refractivity contribution >= 4 is 15.7 Å². The van der Waals surface area contributed by atoms with E-state index in [1.165, 1.54) is 32.1 Å². The van der Waals surface area contributed by atoms with Gasteiger partial charge in [0.15, 0.2) is 0 Å². The SMILES string of the molecule is BC(B)(C)C1CCCC(CC)C1. The largest absolute Gasteiger partial charge is 0.0992 e. The molecule has 1 fully saturated rings. The third kappa shape index (κ3) is 2.57. The summed E-state index contributed by atoms with van der Waals surface area (Å²) in [4.78, 5) is 0. The van der Waals surface area contributed by atoms with Gasteiger partial charge in [-0.05, 0) is 18.3 Å². The highest BCUT2D eigenvalue weighted by atomic mass is 14.3. The van der Waals surface area contributed by atoms with Gasteiger partial charge in [0, 0.05) is 0 Å². The molecule has 0 amide bonds. The van der Waals surface area contributed by atoms with E-state index in [2.05, 4.69) is 29.5 Å². The summed E-state index contributed by atoms with van der Waals surface area (Å²) in [5, 5.41) is 0.549. The van der Waals surface area contributed by atoms with Crippen LogP contribution in [0.2, 0.25) is 5.21 Å². The Morgan fingerprint density at radius 2 is 2.00 bits per heavy atom. The second-order valence-electron chi connectivity index (χ2n) is 5.50. The minimum absolute atomic E-state index is 0.549. The van der Waals surface area contributed by atoms with Gasteiger partial charge in [-0.1, -0.05) is 44.7 Å². The van der Waals surface area contributed by atoms with Crippen molar-refractivity contribution in [2.75, 3.05) is 0 Å². The van der Waals surface area contributed by atoms with Gasteiger partial charge in [-0.2, -0.15) is 0 Å². The van der Waals surface area contributed by atoms with Crippen molar-refractivity contribution in [2.45, 2.75) is 51.2 Å². The monoisotopic (exact) mass is 164 g/mol. The van der Waals surface area contributed by atoms with Gasteiger partial charge in [0.2, 0.25) is 0 Å². The molecule has 68 valence electrons. The molecule has 1 saturated carbocycles. The summed E-state index contributed by atoms with van der Waals surface area (Å²) in [5.41, 5.74) is 0. The average molecular weight is 164 g/mol. The zero-order valence-electron chi connectivity index (χ0n) is 9.19. The quantitative estimate of drug-likeness (QED) is 0.543. The van der Waals surface area contributed by atoms with E-state index in [0.717, 1.165) is 11.8 Å².